The molecule has 0 spiro atoms. The van der Waals surface area contributed by atoms with Crippen LogP contribution in [0.25, 0.3) is 0 Å². The van der Waals surface area contributed by atoms with Crippen LogP contribution in [0.1, 0.15) is 28.4 Å². The Morgan fingerprint density at radius 3 is 2.67 bits per heavy atom. The fourth-order valence-electron chi connectivity index (χ4n) is 3.60. The van der Waals surface area contributed by atoms with Crippen LogP contribution in [0.2, 0.25) is 0 Å². The number of carboxylic acid groups (broad SMARTS) is 1. The van der Waals surface area contributed by atoms with Crippen molar-refractivity contribution in [3.05, 3.63) is 65.0 Å². The largest absolute Gasteiger partial charge is 0.480 e. The molecule has 1 aliphatic heterocycles. The minimum atomic E-state index is -0.807. The lowest BCUT2D eigenvalue weighted by molar-refractivity contribution is -0.144. The van der Waals surface area contributed by atoms with Crippen molar-refractivity contribution in [2.75, 3.05) is 33.3 Å². The van der Waals surface area contributed by atoms with Gasteiger partial charge in [-0.2, -0.15) is 0 Å². The highest BCUT2D eigenvalue weighted by Crippen LogP contribution is 2.24. The lowest BCUT2D eigenvalue weighted by Gasteiger charge is -2.37. The first kappa shape index (κ1) is 19.5. The van der Waals surface area contributed by atoms with Gasteiger partial charge in [-0.05, 0) is 29.7 Å². The Bertz CT molecular complexity index is 773. The molecule has 1 unspecified atom stereocenters. The number of aryl methyl sites for hydroxylation is 1. The molecule has 1 aromatic carbocycles. The molecular formula is C21H27N3O3. The first-order chi connectivity index (χ1) is 13.1. The van der Waals surface area contributed by atoms with E-state index in [0.29, 0.717) is 6.61 Å². The van der Waals surface area contributed by atoms with E-state index in [9.17, 15) is 9.90 Å². The maximum absolute atomic E-state index is 12.0. The van der Waals surface area contributed by atoms with E-state index in [1.165, 1.54) is 5.56 Å². The Labute approximate surface area is 160 Å². The normalized spacial score (nSPS) is 17.0. The fourth-order valence-corrected chi connectivity index (χ4v) is 3.60. The van der Waals surface area contributed by atoms with Crippen LogP contribution in [0.5, 0.6) is 0 Å². The molecule has 1 atom stereocenters. The van der Waals surface area contributed by atoms with Gasteiger partial charge in [-0.1, -0.05) is 30.3 Å². The molecule has 27 heavy (non-hydrogen) atoms. The van der Waals surface area contributed by atoms with E-state index in [2.05, 4.69) is 27.8 Å². The van der Waals surface area contributed by atoms with E-state index in [4.69, 9.17) is 4.74 Å². The number of pyridine rings is 1. The fraction of sp³-hybridized carbons (Fsp3) is 0.429. The third-order valence-corrected chi connectivity index (χ3v) is 5.07. The molecule has 1 saturated heterocycles. The van der Waals surface area contributed by atoms with Crippen molar-refractivity contribution in [3.8, 4) is 0 Å². The van der Waals surface area contributed by atoms with Crippen LogP contribution in [-0.2, 0) is 22.7 Å². The third-order valence-electron chi connectivity index (χ3n) is 5.07. The summed E-state index contributed by atoms with van der Waals surface area (Å²) in [4.78, 5) is 20.8. The molecule has 2 heterocycles. The van der Waals surface area contributed by atoms with Crippen LogP contribution in [0, 0.1) is 6.92 Å². The summed E-state index contributed by atoms with van der Waals surface area (Å²) in [5.41, 5.74) is 4.09. The maximum atomic E-state index is 12.0. The number of hydrogen-bond donors (Lipinski definition) is 1. The highest BCUT2D eigenvalue weighted by molar-refractivity contribution is 5.75. The first-order valence-corrected chi connectivity index (χ1v) is 9.26. The molecule has 0 radical (unpaired) electrons. The van der Waals surface area contributed by atoms with E-state index in [1.54, 1.807) is 7.11 Å². The summed E-state index contributed by atoms with van der Waals surface area (Å²) in [6, 6.07) is 11.1. The predicted molar refractivity (Wildman–Crippen MR) is 103 cm³/mol. The van der Waals surface area contributed by atoms with E-state index >= 15 is 0 Å². The molecule has 6 heteroatoms. The Balaban J connectivity index is 1.66. The number of benzene rings is 1. The number of aliphatic carboxylic acids is 1. The number of nitrogens with zero attached hydrogens (tertiary/aromatic N) is 3. The Kier molecular flexibility index (Phi) is 6.55. The lowest BCUT2D eigenvalue weighted by Crippen LogP contribution is -2.49. The molecule has 0 aliphatic carbocycles. The van der Waals surface area contributed by atoms with Gasteiger partial charge in [0.15, 0.2) is 0 Å². The van der Waals surface area contributed by atoms with Crippen LogP contribution in [-0.4, -0.2) is 59.1 Å². The standard InChI is InChI=1S/C21H27N3O3/c1-16-5-4-8-22-19(16)14-23-9-11-24(12-10-23)20(21(25)26)18-7-3-6-17(13-18)15-27-2/h3-8,13,20H,9-12,14-15H2,1-2H3,(H,25,26). The van der Waals surface area contributed by atoms with Gasteiger partial charge in [-0.3, -0.25) is 19.6 Å². The second-order valence-electron chi connectivity index (χ2n) is 7.00. The number of methoxy groups -OCH3 is 1. The molecular weight excluding hydrogens is 342 g/mol. The highest BCUT2D eigenvalue weighted by atomic mass is 16.5. The van der Waals surface area contributed by atoms with Gasteiger partial charge in [0, 0.05) is 46.0 Å². The molecule has 1 aromatic heterocycles. The van der Waals surface area contributed by atoms with Crippen molar-refractivity contribution in [1.82, 2.24) is 14.8 Å². The first-order valence-electron chi connectivity index (χ1n) is 9.26. The zero-order valence-electron chi connectivity index (χ0n) is 16.0. The molecule has 2 aromatic rings. The molecule has 1 N–H and O–H groups in total. The molecule has 0 amide bonds. The second-order valence-corrected chi connectivity index (χ2v) is 7.00. The molecule has 0 bridgehead atoms. The molecule has 1 fully saturated rings. The second kappa shape index (κ2) is 9.08. The number of rotatable bonds is 7. The Hall–Kier alpha value is -2.28. The quantitative estimate of drug-likeness (QED) is 0.809. The molecule has 1 aliphatic rings. The van der Waals surface area contributed by atoms with Crippen LogP contribution in [0.3, 0.4) is 0 Å². The summed E-state index contributed by atoms with van der Waals surface area (Å²) in [6.07, 6.45) is 1.83. The summed E-state index contributed by atoms with van der Waals surface area (Å²) in [5, 5.41) is 9.84. The van der Waals surface area contributed by atoms with Crippen LogP contribution in [0.15, 0.2) is 42.6 Å². The number of piperazine rings is 1. The van der Waals surface area contributed by atoms with Gasteiger partial charge in [0.2, 0.25) is 0 Å². The number of carbonyl (C=O) groups is 1. The van der Waals surface area contributed by atoms with Gasteiger partial charge in [-0.15, -0.1) is 0 Å². The molecule has 3 rings (SSSR count). The van der Waals surface area contributed by atoms with Crippen molar-refractivity contribution in [1.29, 1.82) is 0 Å². The topological polar surface area (TPSA) is 65.9 Å². The van der Waals surface area contributed by atoms with Crippen LogP contribution < -0.4 is 0 Å². The maximum Gasteiger partial charge on any atom is 0.325 e. The third kappa shape index (κ3) is 4.91. The number of carboxylic acids is 1. The summed E-state index contributed by atoms with van der Waals surface area (Å²) < 4.78 is 5.18. The molecule has 0 saturated carbocycles. The SMILES string of the molecule is COCc1cccc(C(C(=O)O)N2CCN(Cc3ncccc3C)CC2)c1. The number of ether oxygens (including phenoxy) is 1. The monoisotopic (exact) mass is 369 g/mol. The summed E-state index contributed by atoms with van der Waals surface area (Å²) >= 11 is 0. The van der Waals surface area contributed by atoms with Crippen molar-refractivity contribution in [2.45, 2.75) is 26.1 Å². The minimum Gasteiger partial charge on any atom is -0.480 e. The van der Waals surface area contributed by atoms with E-state index in [0.717, 1.165) is 49.5 Å². The van der Waals surface area contributed by atoms with Gasteiger partial charge in [0.1, 0.15) is 6.04 Å². The van der Waals surface area contributed by atoms with Crippen molar-refractivity contribution in [3.63, 3.8) is 0 Å². The van der Waals surface area contributed by atoms with Gasteiger partial charge >= 0.3 is 5.97 Å². The van der Waals surface area contributed by atoms with Gasteiger partial charge < -0.3 is 9.84 Å². The van der Waals surface area contributed by atoms with Crippen molar-refractivity contribution < 1.29 is 14.6 Å². The Morgan fingerprint density at radius 1 is 1.22 bits per heavy atom. The summed E-state index contributed by atoms with van der Waals surface area (Å²) in [7, 11) is 1.64. The van der Waals surface area contributed by atoms with E-state index in [-0.39, 0.29) is 0 Å². The minimum absolute atomic E-state index is 0.484. The van der Waals surface area contributed by atoms with Crippen LogP contribution >= 0.6 is 0 Å². The Morgan fingerprint density at radius 2 is 2.00 bits per heavy atom. The number of hydrogen-bond acceptors (Lipinski definition) is 5. The van der Waals surface area contributed by atoms with Gasteiger partial charge in [0.25, 0.3) is 0 Å². The van der Waals surface area contributed by atoms with Crippen molar-refractivity contribution >= 4 is 5.97 Å². The molecule has 144 valence electrons. The van der Waals surface area contributed by atoms with E-state index < -0.39 is 12.0 Å². The summed E-state index contributed by atoms with van der Waals surface area (Å²) in [5.74, 6) is -0.807. The summed E-state index contributed by atoms with van der Waals surface area (Å²) in [6.45, 7) is 6.47. The van der Waals surface area contributed by atoms with Crippen molar-refractivity contribution in [2.24, 2.45) is 0 Å². The van der Waals surface area contributed by atoms with Gasteiger partial charge in [-0.25, -0.2) is 0 Å². The molecule has 6 nitrogen and oxygen atoms in total. The van der Waals surface area contributed by atoms with E-state index in [1.807, 2.05) is 36.5 Å². The average molecular weight is 369 g/mol. The highest BCUT2D eigenvalue weighted by Gasteiger charge is 2.30. The lowest BCUT2D eigenvalue weighted by atomic mass is 10.0. The zero-order chi connectivity index (χ0) is 19.2. The van der Waals surface area contributed by atoms with Gasteiger partial charge in [0.05, 0.1) is 12.3 Å². The zero-order valence-corrected chi connectivity index (χ0v) is 16.0. The number of aromatic nitrogens is 1. The average Bonchev–Trinajstić information content (AvgIpc) is 2.66. The smallest absolute Gasteiger partial charge is 0.325 e. The van der Waals surface area contributed by atoms with Crippen LogP contribution in [0.4, 0.5) is 0 Å². The predicted octanol–water partition coefficient (Wildman–Crippen LogP) is 2.48.